The Morgan fingerprint density at radius 3 is 2.11 bits per heavy atom. The highest BCUT2D eigenvalue weighted by Crippen LogP contribution is 2.64. The molecule has 5 saturated carbocycles. The van der Waals surface area contributed by atoms with Gasteiger partial charge in [-0.25, -0.2) is 8.78 Å². The van der Waals surface area contributed by atoms with Crippen LogP contribution in [0.25, 0.3) is 0 Å². The summed E-state index contributed by atoms with van der Waals surface area (Å²) in [5, 5.41) is 0. The summed E-state index contributed by atoms with van der Waals surface area (Å²) in [5.41, 5.74) is 1.33. The smallest absolute Gasteiger partial charge is 0.250 e. The predicted octanol–water partition coefficient (Wildman–Crippen LogP) is 6.28. The van der Waals surface area contributed by atoms with E-state index in [9.17, 15) is 8.78 Å². The Balaban J connectivity index is 0.902. The number of nitrogens with zero attached hydrogens (tertiary/aromatic N) is 1. The zero-order chi connectivity index (χ0) is 24.4. The molecule has 7 aliphatic rings. The maximum atomic E-state index is 13.3. The summed E-state index contributed by atoms with van der Waals surface area (Å²) in [6, 6.07) is 8.43. The van der Waals surface area contributed by atoms with Crippen LogP contribution in [0.2, 0.25) is 0 Å². The van der Waals surface area contributed by atoms with E-state index in [0.717, 1.165) is 43.3 Å². The zero-order valence-corrected chi connectivity index (χ0v) is 21.1. The minimum absolute atomic E-state index is 0.0460. The number of likely N-dealkylation sites (tertiary alicyclic amines) is 1. The van der Waals surface area contributed by atoms with Gasteiger partial charge in [0.15, 0.2) is 0 Å². The number of ether oxygens (including phenoxy) is 2. The van der Waals surface area contributed by atoms with Crippen LogP contribution >= 0.6 is 0 Å². The molecule has 7 heteroatoms. The number of piperidine rings is 1. The van der Waals surface area contributed by atoms with Crippen molar-refractivity contribution in [2.24, 2.45) is 23.7 Å². The monoisotopic (exact) mass is 503 g/mol. The zero-order valence-electron chi connectivity index (χ0n) is 21.1. The van der Waals surface area contributed by atoms with E-state index in [-0.39, 0.29) is 12.8 Å². The maximum Gasteiger partial charge on any atom is 0.250 e. The van der Waals surface area contributed by atoms with Crippen molar-refractivity contribution in [3.05, 3.63) is 29.8 Å². The van der Waals surface area contributed by atoms with Crippen molar-refractivity contribution in [2.45, 2.75) is 94.0 Å². The minimum atomic E-state index is -2.49. The van der Waals surface area contributed by atoms with E-state index in [0.29, 0.717) is 44.0 Å². The number of alkyl halides is 2. The molecule has 7 fully saturated rings. The quantitative estimate of drug-likeness (QED) is 0.442. The SMILES string of the molecule is FC1(F)CCN(CCOc2ccc(C3CCC4(CC3)OOC3(O4)C4CC5CC(C4)CC3C5)cc2)CC1. The van der Waals surface area contributed by atoms with Gasteiger partial charge in [-0.1, -0.05) is 12.1 Å². The first-order valence-corrected chi connectivity index (χ1v) is 14.3. The third-order valence-electron chi connectivity index (χ3n) is 10.3. The largest absolute Gasteiger partial charge is 0.492 e. The van der Waals surface area contributed by atoms with Crippen molar-refractivity contribution < 1.29 is 28.0 Å². The minimum Gasteiger partial charge on any atom is -0.492 e. The number of hydrogen-bond acceptors (Lipinski definition) is 5. The lowest BCUT2D eigenvalue weighted by molar-refractivity contribution is -0.390. The van der Waals surface area contributed by atoms with E-state index in [2.05, 4.69) is 17.0 Å². The number of halogens is 2. The van der Waals surface area contributed by atoms with Gasteiger partial charge >= 0.3 is 0 Å². The third-order valence-corrected chi connectivity index (χ3v) is 10.3. The summed E-state index contributed by atoms with van der Waals surface area (Å²) < 4.78 is 39.4. The van der Waals surface area contributed by atoms with Crippen LogP contribution in [0, 0.1) is 23.7 Å². The van der Waals surface area contributed by atoms with Gasteiger partial charge in [0.1, 0.15) is 12.4 Å². The molecule has 198 valence electrons. The topological polar surface area (TPSA) is 40.2 Å². The van der Waals surface area contributed by atoms with Gasteiger partial charge in [0.25, 0.3) is 5.92 Å². The van der Waals surface area contributed by atoms with Gasteiger partial charge in [0.05, 0.1) is 0 Å². The molecule has 1 aromatic carbocycles. The van der Waals surface area contributed by atoms with Crippen molar-refractivity contribution in [3.63, 3.8) is 0 Å². The van der Waals surface area contributed by atoms with Crippen LogP contribution < -0.4 is 4.74 Å². The highest BCUT2D eigenvalue weighted by Gasteiger charge is 2.66. The number of rotatable bonds is 5. The normalized spacial score (nSPS) is 43.4. The highest BCUT2D eigenvalue weighted by atomic mass is 19.3. The standard InChI is InChI=1S/C29H39F2NO4/c30-27(31)9-11-32(12-10-27)13-14-33-26-3-1-22(2-4-26)23-5-7-28(8-6-23)34-29(36-35-28)24-16-20-15-21(18-24)19-25(29)17-20/h1-4,20-21,23-25H,5-19H2. The first-order valence-electron chi connectivity index (χ1n) is 14.3. The van der Waals surface area contributed by atoms with Gasteiger partial charge < -0.3 is 9.47 Å². The molecule has 5 nitrogen and oxygen atoms in total. The average molecular weight is 504 g/mol. The van der Waals surface area contributed by atoms with Crippen LogP contribution in [0.1, 0.15) is 82.1 Å². The fourth-order valence-corrected chi connectivity index (χ4v) is 8.42. The van der Waals surface area contributed by atoms with E-state index in [1.54, 1.807) is 0 Å². The molecule has 0 radical (unpaired) electrons. The Labute approximate surface area is 212 Å². The second kappa shape index (κ2) is 8.89. The lowest BCUT2D eigenvalue weighted by Gasteiger charge is -2.57. The molecule has 2 spiro atoms. The molecule has 4 bridgehead atoms. The Hall–Kier alpha value is -1.28. The fraction of sp³-hybridized carbons (Fsp3) is 0.793. The summed E-state index contributed by atoms with van der Waals surface area (Å²) in [7, 11) is 0. The van der Waals surface area contributed by atoms with Crippen molar-refractivity contribution in [1.82, 2.24) is 4.90 Å². The van der Waals surface area contributed by atoms with E-state index in [4.69, 9.17) is 19.2 Å². The summed E-state index contributed by atoms with van der Waals surface area (Å²) in [6.07, 6.45) is 10.1. The van der Waals surface area contributed by atoms with Gasteiger partial charge in [0, 0.05) is 57.2 Å². The molecule has 0 amide bonds. The van der Waals surface area contributed by atoms with E-state index in [1.807, 2.05) is 12.1 Å². The lowest BCUT2D eigenvalue weighted by atomic mass is 9.53. The average Bonchev–Trinajstić information content (AvgIpc) is 3.24. The number of hydrogen-bond donors (Lipinski definition) is 0. The molecule has 5 aliphatic carbocycles. The molecule has 0 atom stereocenters. The van der Waals surface area contributed by atoms with Crippen molar-refractivity contribution in [2.75, 3.05) is 26.2 Å². The van der Waals surface area contributed by atoms with Crippen LogP contribution in [0.15, 0.2) is 24.3 Å². The Kier molecular flexibility index (Phi) is 5.88. The Morgan fingerprint density at radius 2 is 1.47 bits per heavy atom. The van der Waals surface area contributed by atoms with Crippen molar-refractivity contribution in [1.29, 1.82) is 0 Å². The van der Waals surface area contributed by atoms with Gasteiger partial charge in [-0.05, 0) is 80.4 Å². The van der Waals surface area contributed by atoms with Crippen molar-refractivity contribution in [3.8, 4) is 5.75 Å². The molecule has 0 aromatic heterocycles. The predicted molar refractivity (Wildman–Crippen MR) is 130 cm³/mol. The summed E-state index contributed by atoms with van der Waals surface area (Å²) in [4.78, 5) is 14.3. The van der Waals surface area contributed by atoms with Gasteiger partial charge in [0.2, 0.25) is 11.6 Å². The van der Waals surface area contributed by atoms with Crippen LogP contribution in [0.3, 0.4) is 0 Å². The van der Waals surface area contributed by atoms with Crippen LogP contribution in [-0.4, -0.2) is 48.6 Å². The molecule has 2 aliphatic heterocycles. The highest BCUT2D eigenvalue weighted by molar-refractivity contribution is 5.30. The third kappa shape index (κ3) is 4.28. The summed E-state index contributed by atoms with van der Waals surface area (Å²) in [6.45, 7) is 2.10. The van der Waals surface area contributed by atoms with Gasteiger partial charge in [-0.2, -0.15) is 9.78 Å². The first kappa shape index (κ1) is 23.8. The Bertz CT molecular complexity index is 907. The first-order chi connectivity index (χ1) is 17.4. The maximum absolute atomic E-state index is 13.3. The molecule has 8 rings (SSSR count). The van der Waals surface area contributed by atoms with Gasteiger partial charge in [-0.15, -0.1) is 0 Å². The van der Waals surface area contributed by atoms with Crippen molar-refractivity contribution >= 4 is 0 Å². The molecule has 2 saturated heterocycles. The molecular formula is C29H39F2NO4. The van der Waals surface area contributed by atoms with Gasteiger partial charge in [-0.3, -0.25) is 4.90 Å². The van der Waals surface area contributed by atoms with E-state index < -0.39 is 17.5 Å². The second-order valence-electron chi connectivity index (χ2n) is 12.6. The molecule has 36 heavy (non-hydrogen) atoms. The second-order valence-corrected chi connectivity index (χ2v) is 12.6. The lowest BCUT2D eigenvalue weighted by Crippen LogP contribution is -2.59. The number of benzene rings is 1. The molecule has 0 N–H and O–H groups in total. The van der Waals surface area contributed by atoms with E-state index >= 15 is 0 Å². The Morgan fingerprint density at radius 1 is 0.833 bits per heavy atom. The molecule has 1 aromatic rings. The molecule has 0 unspecified atom stereocenters. The fourth-order valence-electron chi connectivity index (χ4n) is 8.42. The van der Waals surface area contributed by atoms with Crippen LogP contribution in [0.4, 0.5) is 8.78 Å². The summed E-state index contributed by atoms with van der Waals surface area (Å²) in [5.74, 6) is 0.566. The van der Waals surface area contributed by atoms with Crippen LogP contribution in [0.5, 0.6) is 5.75 Å². The molecular weight excluding hydrogens is 464 g/mol. The van der Waals surface area contributed by atoms with Crippen LogP contribution in [-0.2, 0) is 14.5 Å². The summed E-state index contributed by atoms with van der Waals surface area (Å²) >= 11 is 0. The van der Waals surface area contributed by atoms with E-state index in [1.165, 1.54) is 37.7 Å². The molecule has 2 heterocycles.